The molecule has 0 heterocycles. The van der Waals surface area contributed by atoms with Crippen molar-refractivity contribution in [3.05, 3.63) is 84.7 Å². The van der Waals surface area contributed by atoms with Crippen LogP contribution in [-0.4, -0.2) is 0 Å². The zero-order valence-corrected chi connectivity index (χ0v) is 22.8. The summed E-state index contributed by atoms with van der Waals surface area (Å²) in [6, 6.07) is 12.5. The number of rotatable bonds is 9. The molecule has 0 saturated carbocycles. The quantitative estimate of drug-likeness (QED) is 0.346. The van der Waals surface area contributed by atoms with Crippen molar-refractivity contribution in [2.75, 3.05) is 10.6 Å². The van der Waals surface area contributed by atoms with Crippen molar-refractivity contribution in [1.82, 2.24) is 0 Å². The van der Waals surface area contributed by atoms with Crippen LogP contribution in [0.4, 0.5) is 20.2 Å². The maximum Gasteiger partial charge on any atom is 0.125 e. The molecule has 35 heavy (non-hydrogen) atoms. The molecule has 194 valence electrons. The van der Waals surface area contributed by atoms with Crippen LogP contribution in [-0.2, 0) is 0 Å². The summed E-state index contributed by atoms with van der Waals surface area (Å²) in [5.41, 5.74) is 3.07. The van der Waals surface area contributed by atoms with E-state index in [9.17, 15) is 8.78 Å². The van der Waals surface area contributed by atoms with E-state index in [0.717, 1.165) is 34.6 Å². The predicted molar refractivity (Wildman–Crippen MR) is 152 cm³/mol. The first-order valence-corrected chi connectivity index (χ1v) is 12.2. The number of nitrogens with one attached hydrogen (secondary N) is 2. The molecule has 1 atom stereocenters. The molecule has 0 saturated heterocycles. The number of anilines is 2. The van der Waals surface area contributed by atoms with E-state index >= 15 is 0 Å². The molecule has 2 aromatic rings. The lowest BCUT2D eigenvalue weighted by Crippen LogP contribution is -2.06. The van der Waals surface area contributed by atoms with Gasteiger partial charge in [0.2, 0.25) is 0 Å². The maximum absolute atomic E-state index is 12.5. The Balaban J connectivity index is 0. The van der Waals surface area contributed by atoms with Crippen LogP contribution in [0.5, 0.6) is 0 Å². The van der Waals surface area contributed by atoms with E-state index < -0.39 is 0 Å². The third-order valence-corrected chi connectivity index (χ3v) is 4.76. The highest BCUT2D eigenvalue weighted by atomic mass is 19.1. The fraction of sp³-hybridized carbons (Fsp3) is 0.419. The summed E-state index contributed by atoms with van der Waals surface area (Å²) in [4.78, 5) is 0. The number of hydrogen-bond acceptors (Lipinski definition) is 2. The van der Waals surface area contributed by atoms with Gasteiger partial charge in [0.15, 0.2) is 0 Å². The predicted octanol–water partition coefficient (Wildman–Crippen LogP) is 10.0. The topological polar surface area (TPSA) is 24.1 Å². The third kappa shape index (κ3) is 21.2. The molecule has 2 N–H and O–H groups in total. The van der Waals surface area contributed by atoms with Crippen LogP contribution in [0, 0.1) is 35.8 Å². The van der Waals surface area contributed by atoms with E-state index in [1.807, 2.05) is 13.8 Å². The van der Waals surface area contributed by atoms with Crippen molar-refractivity contribution in [1.29, 1.82) is 0 Å². The summed E-state index contributed by atoms with van der Waals surface area (Å²) in [5.74, 6) is 3.63. The van der Waals surface area contributed by atoms with Crippen LogP contribution < -0.4 is 10.6 Å². The van der Waals surface area contributed by atoms with Gasteiger partial charge in [-0.2, -0.15) is 0 Å². The van der Waals surface area contributed by atoms with E-state index in [1.165, 1.54) is 49.9 Å². The van der Waals surface area contributed by atoms with E-state index in [2.05, 4.69) is 63.8 Å². The summed E-state index contributed by atoms with van der Waals surface area (Å²) in [6.07, 6.45) is 10.2. The van der Waals surface area contributed by atoms with E-state index in [0.29, 0.717) is 0 Å². The molecule has 2 rings (SSSR count). The van der Waals surface area contributed by atoms with Gasteiger partial charge in [0.25, 0.3) is 0 Å². The summed E-state index contributed by atoms with van der Waals surface area (Å²) >= 11 is 0. The Morgan fingerprint density at radius 2 is 1.31 bits per heavy atom. The Morgan fingerprint density at radius 3 is 1.57 bits per heavy atom. The number of benzene rings is 2. The largest absolute Gasteiger partial charge is 0.360 e. The molecule has 0 aromatic heterocycles. The zero-order valence-electron chi connectivity index (χ0n) is 22.8. The van der Waals surface area contributed by atoms with Crippen molar-refractivity contribution in [3.8, 4) is 12.3 Å². The van der Waals surface area contributed by atoms with Crippen LogP contribution in [0.15, 0.2) is 73.1 Å². The normalized spacial score (nSPS) is 10.1. The Hall–Kier alpha value is -3.06. The molecule has 4 heteroatoms. The molecule has 1 unspecified atom stereocenters. The Kier molecular flexibility index (Phi) is 20.9. The molecule has 0 amide bonds. The number of hydrogen-bond donors (Lipinski definition) is 2. The minimum Gasteiger partial charge on any atom is -0.360 e. The molecule has 0 bridgehead atoms. The van der Waals surface area contributed by atoms with Gasteiger partial charge in [0, 0.05) is 22.8 Å². The molecule has 0 aliphatic carbocycles. The first-order chi connectivity index (χ1) is 16.5. The minimum atomic E-state index is -0.240. The number of unbranched alkanes of at least 4 members (excludes halogenated alkanes) is 1. The second-order valence-electron chi connectivity index (χ2n) is 8.67. The van der Waals surface area contributed by atoms with Gasteiger partial charge in [-0.25, -0.2) is 8.78 Å². The average Bonchev–Trinajstić information content (AvgIpc) is 2.75. The highest BCUT2D eigenvalue weighted by molar-refractivity contribution is 5.47. The molecule has 2 nitrogen and oxygen atoms in total. The molecule has 2 aromatic carbocycles. The summed E-state index contributed by atoms with van der Waals surface area (Å²) in [5, 5.41) is 5.82. The average molecular weight is 485 g/mol. The van der Waals surface area contributed by atoms with Gasteiger partial charge >= 0.3 is 0 Å². The first-order valence-electron chi connectivity index (χ1n) is 12.2. The van der Waals surface area contributed by atoms with Crippen LogP contribution in [0.1, 0.15) is 74.1 Å². The van der Waals surface area contributed by atoms with Crippen molar-refractivity contribution < 1.29 is 8.78 Å². The van der Waals surface area contributed by atoms with Gasteiger partial charge in [0.1, 0.15) is 11.6 Å². The van der Waals surface area contributed by atoms with Gasteiger partial charge < -0.3 is 10.6 Å². The van der Waals surface area contributed by atoms with Crippen LogP contribution in [0.25, 0.3) is 0 Å². The van der Waals surface area contributed by atoms with Crippen LogP contribution in [0.2, 0.25) is 0 Å². The monoisotopic (exact) mass is 484 g/mol. The van der Waals surface area contributed by atoms with E-state index in [4.69, 9.17) is 0 Å². The fourth-order valence-corrected chi connectivity index (χ4v) is 3.10. The SMILES string of the molecule is C#CC.C=C(C)Nc1cccc(F)c1.C=C(C)Nc1cccc(F)c1.CCCCC(CC)C(C)C. The third-order valence-electron chi connectivity index (χ3n) is 4.76. The van der Waals surface area contributed by atoms with E-state index in [1.54, 1.807) is 31.2 Å². The Morgan fingerprint density at radius 1 is 0.914 bits per heavy atom. The number of allylic oxidation sites excluding steroid dienone is 2. The van der Waals surface area contributed by atoms with Crippen molar-refractivity contribution >= 4 is 11.4 Å². The minimum absolute atomic E-state index is 0.240. The number of halogens is 2. The summed E-state index contributed by atoms with van der Waals surface area (Å²) in [7, 11) is 0. The lowest BCUT2D eigenvalue weighted by molar-refractivity contribution is 0.339. The lowest BCUT2D eigenvalue weighted by atomic mass is 9.89. The standard InChI is InChI=1S/C10H22.2C9H10FN.C3H4/c1-5-7-8-10(6-2)9(3)4;2*1-7(2)11-9-5-3-4-8(10)6-9;1-3-2/h9-10H,5-8H2,1-4H3;2*3-6,11H,1H2,2H3;1H,2H3. The van der Waals surface area contributed by atoms with Gasteiger partial charge in [0.05, 0.1) is 0 Å². The zero-order chi connectivity index (χ0) is 27.2. The maximum atomic E-state index is 12.5. The van der Waals surface area contributed by atoms with Crippen LogP contribution >= 0.6 is 0 Å². The highest BCUT2D eigenvalue weighted by Gasteiger charge is 2.08. The second-order valence-corrected chi connectivity index (χ2v) is 8.67. The lowest BCUT2D eigenvalue weighted by Gasteiger charge is -2.17. The first kappa shape index (κ1) is 34.1. The molecule has 0 spiro atoms. The molecule has 0 aliphatic rings. The molecule has 0 aliphatic heterocycles. The Bertz CT molecular complexity index is 824. The smallest absolute Gasteiger partial charge is 0.125 e. The highest BCUT2D eigenvalue weighted by Crippen LogP contribution is 2.20. The molecular formula is C31H46F2N2. The number of terminal acetylenes is 1. The fourth-order valence-electron chi connectivity index (χ4n) is 3.10. The van der Waals surface area contributed by atoms with Gasteiger partial charge in [-0.05, 0) is 69.0 Å². The molecule has 0 radical (unpaired) electrons. The van der Waals surface area contributed by atoms with E-state index in [-0.39, 0.29) is 11.6 Å². The Labute approximate surface area is 213 Å². The van der Waals surface area contributed by atoms with Gasteiger partial charge in [-0.1, -0.05) is 78.7 Å². The second kappa shape index (κ2) is 21.5. The van der Waals surface area contributed by atoms with Crippen molar-refractivity contribution in [2.45, 2.75) is 74.1 Å². The van der Waals surface area contributed by atoms with Crippen molar-refractivity contribution in [3.63, 3.8) is 0 Å². The van der Waals surface area contributed by atoms with Gasteiger partial charge in [-0.3, -0.25) is 0 Å². The van der Waals surface area contributed by atoms with Crippen LogP contribution in [0.3, 0.4) is 0 Å². The summed E-state index contributed by atoms with van der Waals surface area (Å²) in [6.45, 7) is 21.8. The molecular weight excluding hydrogens is 438 g/mol. The summed E-state index contributed by atoms with van der Waals surface area (Å²) < 4.78 is 25.1. The van der Waals surface area contributed by atoms with Crippen molar-refractivity contribution in [2.24, 2.45) is 11.8 Å². The molecule has 0 fully saturated rings. The van der Waals surface area contributed by atoms with Gasteiger partial charge in [-0.15, -0.1) is 12.3 Å².